The van der Waals surface area contributed by atoms with Crippen molar-refractivity contribution in [3.8, 4) is 0 Å². The second-order valence-electron chi connectivity index (χ2n) is 5.18. The fourth-order valence-corrected chi connectivity index (χ4v) is 3.06. The Morgan fingerprint density at radius 3 is 2.28 bits per heavy atom. The Kier molecular flexibility index (Phi) is 11.3. The van der Waals surface area contributed by atoms with Crippen LogP contribution >= 0.6 is 35.7 Å². The molecule has 4 nitrogen and oxygen atoms in total. The second-order valence-corrected chi connectivity index (χ2v) is 6.34. The van der Waals surface area contributed by atoms with Crippen molar-refractivity contribution in [1.82, 2.24) is 10.6 Å². The number of aliphatic imine (C=N–C) groups is 1. The molecule has 0 spiro atoms. The average molecular weight is 471 g/mol. The lowest BCUT2D eigenvalue weighted by molar-refractivity contribution is 0.106. The lowest BCUT2D eigenvalue weighted by Crippen LogP contribution is -2.40. The van der Waals surface area contributed by atoms with Crippen LogP contribution < -0.4 is 10.6 Å². The molecule has 0 heterocycles. The molecule has 6 heteroatoms. The molecule has 0 fully saturated rings. The molecule has 0 aromatic heterocycles. The predicted molar refractivity (Wildman–Crippen MR) is 118 cm³/mol. The van der Waals surface area contributed by atoms with E-state index in [4.69, 9.17) is 4.74 Å². The fraction of sp³-hybridized carbons (Fsp3) is 0.316. The van der Waals surface area contributed by atoms with Crippen molar-refractivity contribution >= 4 is 41.7 Å². The van der Waals surface area contributed by atoms with Gasteiger partial charge in [-0.15, -0.1) is 35.7 Å². The summed E-state index contributed by atoms with van der Waals surface area (Å²) in [7, 11) is 3.51. The van der Waals surface area contributed by atoms with E-state index < -0.39 is 0 Å². The molecule has 2 N–H and O–H groups in total. The van der Waals surface area contributed by atoms with Crippen LogP contribution in [0, 0.1) is 0 Å². The van der Waals surface area contributed by atoms with Gasteiger partial charge in [0.05, 0.1) is 6.10 Å². The normalized spacial score (nSPS) is 12.2. The van der Waals surface area contributed by atoms with Crippen molar-refractivity contribution in [2.24, 2.45) is 4.99 Å². The van der Waals surface area contributed by atoms with Gasteiger partial charge in [0.15, 0.2) is 5.96 Å². The minimum atomic E-state index is 0. The maximum atomic E-state index is 5.57. The van der Waals surface area contributed by atoms with E-state index in [1.807, 2.05) is 36.0 Å². The lowest BCUT2D eigenvalue weighted by Gasteiger charge is -2.18. The van der Waals surface area contributed by atoms with Crippen molar-refractivity contribution in [2.75, 3.05) is 33.0 Å². The third-order valence-electron chi connectivity index (χ3n) is 3.54. The summed E-state index contributed by atoms with van der Waals surface area (Å²) in [6.07, 6.45) is 0.00319. The molecular weight excluding hydrogens is 445 g/mol. The van der Waals surface area contributed by atoms with Gasteiger partial charge >= 0.3 is 0 Å². The lowest BCUT2D eigenvalue weighted by atomic mass is 10.1. The molecule has 2 rings (SSSR count). The maximum Gasteiger partial charge on any atom is 0.191 e. The zero-order valence-electron chi connectivity index (χ0n) is 14.6. The number of nitrogens with zero attached hydrogens (tertiary/aromatic N) is 1. The van der Waals surface area contributed by atoms with E-state index in [0.29, 0.717) is 6.54 Å². The predicted octanol–water partition coefficient (Wildman–Crippen LogP) is 3.95. The molecule has 0 radical (unpaired) electrons. The van der Waals surface area contributed by atoms with Gasteiger partial charge in [0, 0.05) is 37.9 Å². The van der Waals surface area contributed by atoms with Crippen LogP contribution in [0.15, 0.2) is 70.6 Å². The van der Waals surface area contributed by atoms with Gasteiger partial charge in [-0.3, -0.25) is 4.99 Å². The first kappa shape index (κ1) is 21.8. The molecule has 0 aliphatic heterocycles. The topological polar surface area (TPSA) is 45.7 Å². The van der Waals surface area contributed by atoms with E-state index in [2.05, 4.69) is 52.0 Å². The van der Waals surface area contributed by atoms with Crippen LogP contribution in [-0.2, 0) is 4.74 Å². The highest BCUT2D eigenvalue weighted by atomic mass is 127. The third kappa shape index (κ3) is 8.11. The van der Waals surface area contributed by atoms with Crippen molar-refractivity contribution in [1.29, 1.82) is 0 Å². The van der Waals surface area contributed by atoms with Crippen LogP contribution in [0.1, 0.15) is 11.7 Å². The molecule has 1 unspecified atom stereocenters. The molecule has 0 saturated heterocycles. The van der Waals surface area contributed by atoms with E-state index in [1.54, 1.807) is 14.2 Å². The first-order valence-corrected chi connectivity index (χ1v) is 9.02. The van der Waals surface area contributed by atoms with Crippen molar-refractivity contribution in [2.45, 2.75) is 11.0 Å². The number of guanidine groups is 1. The van der Waals surface area contributed by atoms with Crippen LogP contribution in [0.5, 0.6) is 0 Å². The number of rotatable bonds is 8. The van der Waals surface area contributed by atoms with Crippen LogP contribution in [-0.4, -0.2) is 39.0 Å². The summed E-state index contributed by atoms with van der Waals surface area (Å²) in [6, 6.07) is 20.6. The highest BCUT2D eigenvalue weighted by molar-refractivity contribution is 14.0. The average Bonchev–Trinajstić information content (AvgIpc) is 2.65. The number of halogens is 1. The van der Waals surface area contributed by atoms with Gasteiger partial charge in [-0.1, -0.05) is 48.5 Å². The van der Waals surface area contributed by atoms with Crippen LogP contribution in [0.2, 0.25) is 0 Å². The second kappa shape index (κ2) is 13.0. The number of hydrogen-bond acceptors (Lipinski definition) is 3. The van der Waals surface area contributed by atoms with Gasteiger partial charge in [-0.2, -0.15) is 0 Å². The van der Waals surface area contributed by atoms with E-state index >= 15 is 0 Å². The quantitative estimate of drug-likeness (QED) is 0.201. The van der Waals surface area contributed by atoms with Gasteiger partial charge in [0.25, 0.3) is 0 Å². The van der Waals surface area contributed by atoms with Gasteiger partial charge in [-0.25, -0.2) is 0 Å². The Balaban J connectivity index is 0.00000312. The summed E-state index contributed by atoms with van der Waals surface area (Å²) in [6.45, 7) is 1.52. The maximum absolute atomic E-state index is 5.57. The SMILES string of the molecule is CN=C(NCCSc1ccccc1)NCC(OC)c1ccccc1.I. The third-order valence-corrected chi connectivity index (χ3v) is 4.55. The Hall–Kier alpha value is -1.25. The summed E-state index contributed by atoms with van der Waals surface area (Å²) in [4.78, 5) is 5.55. The molecule has 2 aromatic rings. The molecule has 25 heavy (non-hydrogen) atoms. The molecule has 2 aromatic carbocycles. The number of ether oxygens (including phenoxy) is 1. The Morgan fingerprint density at radius 1 is 1.04 bits per heavy atom. The molecule has 0 bridgehead atoms. The first-order valence-electron chi connectivity index (χ1n) is 8.03. The van der Waals surface area contributed by atoms with Gasteiger partial charge in [0.2, 0.25) is 0 Å². The smallest absolute Gasteiger partial charge is 0.191 e. The molecule has 0 aliphatic carbocycles. The Morgan fingerprint density at radius 2 is 1.68 bits per heavy atom. The summed E-state index contributed by atoms with van der Waals surface area (Å²) in [5.41, 5.74) is 1.16. The number of hydrogen-bond donors (Lipinski definition) is 2. The Bertz CT molecular complexity index is 611. The Labute approximate surface area is 171 Å². The minimum absolute atomic E-state index is 0. The molecule has 136 valence electrons. The summed E-state index contributed by atoms with van der Waals surface area (Å²) < 4.78 is 5.57. The zero-order chi connectivity index (χ0) is 17.0. The molecule has 0 saturated carbocycles. The summed E-state index contributed by atoms with van der Waals surface area (Å²) in [5, 5.41) is 6.66. The minimum Gasteiger partial charge on any atom is -0.375 e. The van der Waals surface area contributed by atoms with Crippen LogP contribution in [0.3, 0.4) is 0 Å². The van der Waals surface area contributed by atoms with E-state index in [9.17, 15) is 0 Å². The van der Waals surface area contributed by atoms with Crippen molar-refractivity contribution in [3.63, 3.8) is 0 Å². The van der Waals surface area contributed by atoms with Crippen LogP contribution in [0.25, 0.3) is 0 Å². The number of nitrogens with one attached hydrogen (secondary N) is 2. The van der Waals surface area contributed by atoms with Crippen molar-refractivity contribution < 1.29 is 4.74 Å². The molecule has 1 atom stereocenters. The fourth-order valence-electron chi connectivity index (χ4n) is 2.27. The van der Waals surface area contributed by atoms with E-state index in [1.165, 1.54) is 4.90 Å². The monoisotopic (exact) mass is 471 g/mol. The van der Waals surface area contributed by atoms with Gasteiger partial charge in [-0.05, 0) is 17.7 Å². The highest BCUT2D eigenvalue weighted by Gasteiger charge is 2.10. The molecular formula is C19H26IN3OS. The summed E-state index contributed by atoms with van der Waals surface area (Å²) >= 11 is 1.83. The number of methoxy groups -OCH3 is 1. The summed E-state index contributed by atoms with van der Waals surface area (Å²) in [5.74, 6) is 1.78. The molecule has 0 amide bonds. The van der Waals surface area contributed by atoms with Crippen LogP contribution in [0.4, 0.5) is 0 Å². The van der Waals surface area contributed by atoms with Gasteiger partial charge in [0.1, 0.15) is 0 Å². The number of benzene rings is 2. The number of thioether (sulfide) groups is 1. The zero-order valence-corrected chi connectivity index (χ0v) is 17.8. The van der Waals surface area contributed by atoms with E-state index in [0.717, 1.165) is 23.8 Å². The largest absolute Gasteiger partial charge is 0.375 e. The van der Waals surface area contributed by atoms with Gasteiger partial charge < -0.3 is 15.4 Å². The highest BCUT2D eigenvalue weighted by Crippen LogP contribution is 2.16. The van der Waals surface area contributed by atoms with Crippen molar-refractivity contribution in [3.05, 3.63) is 66.2 Å². The van der Waals surface area contributed by atoms with E-state index in [-0.39, 0.29) is 30.1 Å². The standard InChI is InChI=1S/C19H25N3OS.HI/c1-20-19(21-13-14-24-17-11-7-4-8-12-17)22-15-18(23-2)16-9-5-3-6-10-16;/h3-12,18H,13-15H2,1-2H3,(H2,20,21,22);1H. The first-order chi connectivity index (χ1) is 11.8. The molecule has 0 aliphatic rings.